The van der Waals surface area contributed by atoms with Crippen LogP contribution < -0.4 is 10.9 Å². The second kappa shape index (κ2) is 8.92. The smallest absolute Gasteiger partial charge is 0.262 e. The SMILES string of the molecule is O=C(CCn1cnc2sc3c(c2c1=O)CCCC3)NCCSc1ccccc1. The normalized spacial score (nSPS) is 13.4. The molecule has 0 saturated carbocycles. The lowest BCUT2D eigenvalue weighted by Crippen LogP contribution is -2.29. The molecular weight excluding hydrogens is 390 g/mol. The van der Waals surface area contributed by atoms with Gasteiger partial charge in [0, 0.05) is 35.0 Å². The third-order valence-electron chi connectivity index (χ3n) is 4.96. The number of carbonyl (C=O) groups excluding carboxylic acids is 1. The molecule has 1 aliphatic carbocycles. The number of nitrogens with one attached hydrogen (secondary N) is 1. The summed E-state index contributed by atoms with van der Waals surface area (Å²) in [6.07, 6.45) is 6.23. The zero-order valence-electron chi connectivity index (χ0n) is 15.6. The van der Waals surface area contributed by atoms with Crippen LogP contribution in [0.1, 0.15) is 29.7 Å². The standard InChI is InChI=1S/C21H23N3O2S2/c25-18(22-11-13-27-15-6-2-1-3-7-15)10-12-24-14-23-20-19(21(24)26)16-8-4-5-9-17(16)28-20/h1-3,6-7,14H,4-5,8-13H2,(H,22,25). The molecule has 3 aromatic rings. The summed E-state index contributed by atoms with van der Waals surface area (Å²) in [6, 6.07) is 10.1. The fourth-order valence-electron chi connectivity index (χ4n) is 3.53. The fraction of sp³-hybridized carbons (Fsp3) is 0.381. The number of thioether (sulfide) groups is 1. The Morgan fingerprint density at radius 2 is 2.04 bits per heavy atom. The molecule has 146 valence electrons. The highest BCUT2D eigenvalue weighted by Crippen LogP contribution is 2.33. The number of aryl methyl sites for hydroxylation is 3. The number of benzene rings is 1. The third-order valence-corrected chi connectivity index (χ3v) is 7.17. The Kier molecular flexibility index (Phi) is 6.12. The van der Waals surface area contributed by atoms with Crippen LogP contribution in [0.4, 0.5) is 0 Å². The molecule has 28 heavy (non-hydrogen) atoms. The lowest BCUT2D eigenvalue weighted by atomic mass is 9.97. The molecule has 4 rings (SSSR count). The molecule has 0 bridgehead atoms. The zero-order chi connectivity index (χ0) is 19.3. The number of hydrogen-bond donors (Lipinski definition) is 1. The Labute approximate surface area is 172 Å². The van der Waals surface area contributed by atoms with Crippen LogP contribution in [0, 0.1) is 0 Å². The lowest BCUT2D eigenvalue weighted by molar-refractivity contribution is -0.121. The van der Waals surface area contributed by atoms with Crippen molar-refractivity contribution in [1.29, 1.82) is 0 Å². The summed E-state index contributed by atoms with van der Waals surface area (Å²) in [6.45, 7) is 0.979. The van der Waals surface area contributed by atoms with Crippen molar-refractivity contribution in [3.63, 3.8) is 0 Å². The van der Waals surface area contributed by atoms with E-state index < -0.39 is 0 Å². The molecule has 2 heterocycles. The minimum Gasteiger partial charge on any atom is -0.355 e. The van der Waals surface area contributed by atoms with E-state index in [1.54, 1.807) is 34.0 Å². The van der Waals surface area contributed by atoms with E-state index in [1.807, 2.05) is 18.2 Å². The van der Waals surface area contributed by atoms with Gasteiger partial charge in [0.1, 0.15) is 4.83 Å². The molecule has 0 radical (unpaired) electrons. The number of nitrogens with zero attached hydrogens (tertiary/aromatic N) is 2. The van der Waals surface area contributed by atoms with E-state index >= 15 is 0 Å². The number of fused-ring (bicyclic) bond motifs is 3. The molecular formula is C21H23N3O2S2. The first-order chi connectivity index (χ1) is 13.7. The second-order valence-electron chi connectivity index (χ2n) is 6.90. The maximum Gasteiger partial charge on any atom is 0.262 e. The van der Waals surface area contributed by atoms with Gasteiger partial charge in [0.2, 0.25) is 5.91 Å². The number of rotatable bonds is 7. The molecule has 1 aromatic carbocycles. The molecule has 1 amide bonds. The summed E-state index contributed by atoms with van der Waals surface area (Å²) in [7, 11) is 0. The molecule has 2 aromatic heterocycles. The van der Waals surface area contributed by atoms with Crippen LogP contribution >= 0.6 is 23.1 Å². The number of amides is 1. The predicted octanol–water partition coefficient (Wildman–Crippen LogP) is 3.64. The van der Waals surface area contributed by atoms with E-state index in [0.29, 0.717) is 13.1 Å². The fourth-order valence-corrected chi connectivity index (χ4v) is 5.54. The minimum absolute atomic E-state index is 0.00293. The van der Waals surface area contributed by atoms with Gasteiger partial charge in [-0.1, -0.05) is 18.2 Å². The van der Waals surface area contributed by atoms with Crippen molar-refractivity contribution < 1.29 is 4.79 Å². The van der Waals surface area contributed by atoms with Gasteiger partial charge < -0.3 is 5.32 Å². The summed E-state index contributed by atoms with van der Waals surface area (Å²) in [5.41, 5.74) is 1.19. The summed E-state index contributed by atoms with van der Waals surface area (Å²) < 4.78 is 1.59. The maximum atomic E-state index is 12.9. The van der Waals surface area contributed by atoms with Crippen LogP contribution in [0.3, 0.4) is 0 Å². The molecule has 7 heteroatoms. The number of thiophene rings is 1. The molecule has 0 saturated heterocycles. The Morgan fingerprint density at radius 3 is 2.89 bits per heavy atom. The molecule has 0 unspecified atom stereocenters. The Hall–Kier alpha value is -2.12. The van der Waals surface area contributed by atoms with E-state index in [0.717, 1.165) is 35.2 Å². The van der Waals surface area contributed by atoms with Crippen molar-refractivity contribution in [2.24, 2.45) is 0 Å². The van der Waals surface area contributed by atoms with Crippen LogP contribution in [0.5, 0.6) is 0 Å². The predicted molar refractivity (Wildman–Crippen MR) is 115 cm³/mol. The first-order valence-electron chi connectivity index (χ1n) is 9.66. The third kappa shape index (κ3) is 4.31. The van der Waals surface area contributed by atoms with E-state index in [4.69, 9.17) is 0 Å². The number of carbonyl (C=O) groups is 1. The molecule has 0 atom stereocenters. The van der Waals surface area contributed by atoms with Gasteiger partial charge in [-0.2, -0.15) is 0 Å². The highest BCUT2D eigenvalue weighted by atomic mass is 32.2. The van der Waals surface area contributed by atoms with Crippen molar-refractivity contribution in [2.45, 2.75) is 43.5 Å². The van der Waals surface area contributed by atoms with Crippen molar-refractivity contribution in [3.8, 4) is 0 Å². The van der Waals surface area contributed by atoms with Crippen molar-refractivity contribution in [3.05, 3.63) is 57.5 Å². The summed E-state index contributed by atoms with van der Waals surface area (Å²) in [5.74, 6) is 0.789. The highest BCUT2D eigenvalue weighted by Gasteiger charge is 2.20. The van der Waals surface area contributed by atoms with Crippen molar-refractivity contribution in [2.75, 3.05) is 12.3 Å². The lowest BCUT2D eigenvalue weighted by Gasteiger charge is -2.10. The topological polar surface area (TPSA) is 64.0 Å². The molecule has 0 spiro atoms. The average molecular weight is 414 g/mol. The maximum absolute atomic E-state index is 12.9. The summed E-state index contributed by atoms with van der Waals surface area (Å²) in [4.78, 5) is 32.9. The van der Waals surface area contributed by atoms with E-state index in [9.17, 15) is 9.59 Å². The highest BCUT2D eigenvalue weighted by molar-refractivity contribution is 7.99. The number of hydrogen-bond acceptors (Lipinski definition) is 5. The largest absolute Gasteiger partial charge is 0.355 e. The van der Waals surface area contributed by atoms with Crippen LogP contribution in [0.2, 0.25) is 0 Å². The molecule has 5 nitrogen and oxygen atoms in total. The van der Waals surface area contributed by atoms with Crippen LogP contribution in [-0.2, 0) is 24.2 Å². The van der Waals surface area contributed by atoms with Crippen molar-refractivity contribution >= 4 is 39.2 Å². The quantitative estimate of drug-likeness (QED) is 0.474. The van der Waals surface area contributed by atoms with Gasteiger partial charge in [-0.25, -0.2) is 4.98 Å². The average Bonchev–Trinajstić information content (AvgIpc) is 3.11. The Bertz CT molecular complexity index is 1030. The Morgan fingerprint density at radius 1 is 1.21 bits per heavy atom. The second-order valence-corrected chi connectivity index (χ2v) is 9.15. The van der Waals surface area contributed by atoms with E-state index in [2.05, 4.69) is 22.4 Å². The molecule has 0 fully saturated rings. The van der Waals surface area contributed by atoms with E-state index in [1.165, 1.54) is 21.8 Å². The van der Waals surface area contributed by atoms with Gasteiger partial charge in [0.25, 0.3) is 5.56 Å². The van der Waals surface area contributed by atoms with Gasteiger partial charge in [-0.3, -0.25) is 14.2 Å². The van der Waals surface area contributed by atoms with E-state index in [-0.39, 0.29) is 17.9 Å². The van der Waals surface area contributed by atoms with Gasteiger partial charge in [0.05, 0.1) is 11.7 Å². The first kappa shape index (κ1) is 19.2. The van der Waals surface area contributed by atoms with Crippen LogP contribution in [0.15, 0.2) is 46.3 Å². The Balaban J connectivity index is 1.32. The van der Waals surface area contributed by atoms with Crippen molar-refractivity contribution in [1.82, 2.24) is 14.9 Å². The molecule has 0 aliphatic heterocycles. The van der Waals surface area contributed by atoms with Crippen LogP contribution in [0.25, 0.3) is 10.2 Å². The zero-order valence-corrected chi connectivity index (χ0v) is 17.3. The van der Waals surface area contributed by atoms with Gasteiger partial charge in [0.15, 0.2) is 0 Å². The van der Waals surface area contributed by atoms with Gasteiger partial charge in [-0.05, 0) is 43.4 Å². The number of aromatic nitrogens is 2. The monoisotopic (exact) mass is 413 g/mol. The van der Waals surface area contributed by atoms with Crippen LogP contribution in [-0.4, -0.2) is 27.8 Å². The van der Waals surface area contributed by atoms with Gasteiger partial charge in [-0.15, -0.1) is 23.1 Å². The molecule has 1 N–H and O–H groups in total. The summed E-state index contributed by atoms with van der Waals surface area (Å²) in [5, 5.41) is 3.71. The minimum atomic E-state index is -0.0343. The van der Waals surface area contributed by atoms with Gasteiger partial charge >= 0.3 is 0 Å². The molecule has 1 aliphatic rings. The first-order valence-corrected chi connectivity index (χ1v) is 11.5. The summed E-state index contributed by atoms with van der Waals surface area (Å²) >= 11 is 3.37.